The lowest BCUT2D eigenvalue weighted by molar-refractivity contribution is 0.248. The van der Waals surface area contributed by atoms with E-state index in [0.29, 0.717) is 0 Å². The standard InChI is InChI=1S/C19H22/c1-3-15-12-13-17(15)19-11-7-6-10-18(19)16-9-5-4-8-14(16)2/h4-11,15,17H,3,12-13H2,1-2H3. The molecule has 19 heavy (non-hydrogen) atoms. The van der Waals surface area contributed by atoms with E-state index in [2.05, 4.69) is 62.4 Å². The second-order valence-electron chi connectivity index (χ2n) is 5.75. The lowest BCUT2D eigenvalue weighted by Gasteiger charge is -2.37. The average molecular weight is 250 g/mol. The summed E-state index contributed by atoms with van der Waals surface area (Å²) in [6.45, 7) is 4.54. The van der Waals surface area contributed by atoms with E-state index in [1.165, 1.54) is 36.0 Å². The maximum absolute atomic E-state index is 2.34. The van der Waals surface area contributed by atoms with Crippen LogP contribution in [0.15, 0.2) is 48.5 Å². The highest BCUT2D eigenvalue weighted by Gasteiger charge is 2.31. The monoisotopic (exact) mass is 250 g/mol. The van der Waals surface area contributed by atoms with E-state index in [1.807, 2.05) is 0 Å². The highest BCUT2D eigenvalue weighted by Crippen LogP contribution is 2.47. The molecule has 1 aliphatic carbocycles. The van der Waals surface area contributed by atoms with Gasteiger partial charge in [-0.25, -0.2) is 0 Å². The van der Waals surface area contributed by atoms with Crippen molar-refractivity contribution in [2.75, 3.05) is 0 Å². The van der Waals surface area contributed by atoms with Crippen molar-refractivity contribution < 1.29 is 0 Å². The molecule has 0 spiro atoms. The van der Waals surface area contributed by atoms with E-state index in [-0.39, 0.29) is 0 Å². The molecule has 0 N–H and O–H groups in total. The normalized spacial score (nSPS) is 22.0. The largest absolute Gasteiger partial charge is 0.0651 e. The van der Waals surface area contributed by atoms with E-state index >= 15 is 0 Å². The van der Waals surface area contributed by atoms with E-state index in [4.69, 9.17) is 0 Å². The molecule has 1 saturated carbocycles. The van der Waals surface area contributed by atoms with Crippen molar-refractivity contribution in [1.29, 1.82) is 0 Å². The molecule has 1 aliphatic rings. The fourth-order valence-electron chi connectivity index (χ4n) is 3.41. The molecule has 0 radical (unpaired) electrons. The molecular formula is C19H22. The molecule has 0 heterocycles. The predicted octanol–water partition coefficient (Wildman–Crippen LogP) is 5.57. The summed E-state index contributed by atoms with van der Waals surface area (Å²) < 4.78 is 0. The second-order valence-corrected chi connectivity index (χ2v) is 5.75. The highest BCUT2D eigenvalue weighted by atomic mass is 14.4. The Labute approximate surface area is 116 Å². The van der Waals surface area contributed by atoms with Crippen LogP contribution >= 0.6 is 0 Å². The molecule has 0 heteroatoms. The summed E-state index contributed by atoms with van der Waals surface area (Å²) in [5.41, 5.74) is 5.79. The first-order valence-corrected chi connectivity index (χ1v) is 7.46. The van der Waals surface area contributed by atoms with Crippen molar-refractivity contribution in [2.24, 2.45) is 5.92 Å². The highest BCUT2D eigenvalue weighted by molar-refractivity contribution is 5.71. The van der Waals surface area contributed by atoms with E-state index in [1.54, 1.807) is 5.56 Å². The molecule has 3 rings (SSSR count). The van der Waals surface area contributed by atoms with Crippen molar-refractivity contribution in [3.05, 3.63) is 59.7 Å². The van der Waals surface area contributed by atoms with Gasteiger partial charge < -0.3 is 0 Å². The summed E-state index contributed by atoms with van der Waals surface area (Å²) in [4.78, 5) is 0. The van der Waals surface area contributed by atoms with Crippen molar-refractivity contribution in [2.45, 2.75) is 39.0 Å². The summed E-state index contributed by atoms with van der Waals surface area (Å²) in [5, 5.41) is 0. The first-order chi connectivity index (χ1) is 9.31. The van der Waals surface area contributed by atoms with Crippen molar-refractivity contribution in [1.82, 2.24) is 0 Å². The molecule has 0 saturated heterocycles. The Bertz CT molecular complexity index is 566. The van der Waals surface area contributed by atoms with Crippen LogP contribution in [0.5, 0.6) is 0 Å². The molecule has 0 bridgehead atoms. The van der Waals surface area contributed by atoms with Gasteiger partial charge in [-0.15, -0.1) is 0 Å². The molecule has 2 unspecified atom stereocenters. The van der Waals surface area contributed by atoms with Crippen LogP contribution in [-0.4, -0.2) is 0 Å². The fourth-order valence-corrected chi connectivity index (χ4v) is 3.41. The molecular weight excluding hydrogens is 228 g/mol. The van der Waals surface area contributed by atoms with Gasteiger partial charge in [0.1, 0.15) is 0 Å². The summed E-state index contributed by atoms with van der Waals surface area (Å²) in [6, 6.07) is 17.7. The zero-order valence-corrected chi connectivity index (χ0v) is 11.9. The van der Waals surface area contributed by atoms with Gasteiger partial charge in [0.05, 0.1) is 0 Å². The zero-order valence-electron chi connectivity index (χ0n) is 11.9. The maximum atomic E-state index is 2.34. The van der Waals surface area contributed by atoms with Crippen LogP contribution in [-0.2, 0) is 0 Å². The first kappa shape index (κ1) is 12.5. The molecule has 0 aromatic heterocycles. The van der Waals surface area contributed by atoms with Gasteiger partial charge >= 0.3 is 0 Å². The van der Waals surface area contributed by atoms with Crippen LogP contribution in [0, 0.1) is 12.8 Å². The minimum Gasteiger partial charge on any atom is -0.0651 e. The van der Waals surface area contributed by atoms with Gasteiger partial charge in [-0.2, -0.15) is 0 Å². The van der Waals surface area contributed by atoms with Gasteiger partial charge in [0.15, 0.2) is 0 Å². The number of rotatable bonds is 3. The predicted molar refractivity (Wildman–Crippen MR) is 82.4 cm³/mol. The number of benzene rings is 2. The van der Waals surface area contributed by atoms with E-state index in [0.717, 1.165) is 11.8 Å². The molecule has 1 fully saturated rings. The summed E-state index contributed by atoms with van der Waals surface area (Å²) in [5.74, 6) is 1.67. The molecule has 98 valence electrons. The Morgan fingerprint density at radius 2 is 1.58 bits per heavy atom. The van der Waals surface area contributed by atoms with Crippen LogP contribution in [0.3, 0.4) is 0 Å². The van der Waals surface area contributed by atoms with E-state index < -0.39 is 0 Å². The molecule has 2 aromatic rings. The Morgan fingerprint density at radius 3 is 2.21 bits per heavy atom. The van der Waals surface area contributed by atoms with Crippen molar-refractivity contribution in [3.8, 4) is 11.1 Å². The summed E-state index contributed by atoms with van der Waals surface area (Å²) in [7, 11) is 0. The smallest absolute Gasteiger partial charge is 0.0127 e. The van der Waals surface area contributed by atoms with Gasteiger partial charge in [0.25, 0.3) is 0 Å². The SMILES string of the molecule is CCC1CCC1c1ccccc1-c1ccccc1C. The third-order valence-corrected chi connectivity index (χ3v) is 4.74. The minimum absolute atomic E-state index is 0.779. The fraction of sp³-hybridized carbons (Fsp3) is 0.368. The third-order valence-electron chi connectivity index (χ3n) is 4.74. The average Bonchev–Trinajstić information content (AvgIpc) is 2.40. The lowest BCUT2D eigenvalue weighted by atomic mass is 9.67. The number of hydrogen-bond acceptors (Lipinski definition) is 0. The molecule has 0 amide bonds. The Kier molecular flexibility index (Phi) is 3.42. The third kappa shape index (κ3) is 2.20. The van der Waals surface area contributed by atoms with Crippen LogP contribution in [0.4, 0.5) is 0 Å². The Morgan fingerprint density at radius 1 is 0.895 bits per heavy atom. The molecule has 0 nitrogen and oxygen atoms in total. The van der Waals surface area contributed by atoms with Gasteiger partial charge in [0, 0.05) is 0 Å². The van der Waals surface area contributed by atoms with Gasteiger partial charge in [-0.1, -0.05) is 61.9 Å². The van der Waals surface area contributed by atoms with E-state index in [9.17, 15) is 0 Å². The lowest BCUT2D eigenvalue weighted by Crippen LogP contribution is -2.23. The quantitative estimate of drug-likeness (QED) is 0.668. The number of aryl methyl sites for hydroxylation is 1. The summed E-state index contributed by atoms with van der Waals surface area (Å²) >= 11 is 0. The molecule has 2 atom stereocenters. The second kappa shape index (κ2) is 5.21. The van der Waals surface area contributed by atoms with Gasteiger partial charge in [0.2, 0.25) is 0 Å². The summed E-state index contributed by atoms with van der Waals surface area (Å²) in [6.07, 6.45) is 4.08. The zero-order chi connectivity index (χ0) is 13.2. The van der Waals surface area contributed by atoms with Gasteiger partial charge in [-0.3, -0.25) is 0 Å². The van der Waals surface area contributed by atoms with Crippen LogP contribution in [0.2, 0.25) is 0 Å². The van der Waals surface area contributed by atoms with Gasteiger partial charge in [-0.05, 0) is 53.9 Å². The topological polar surface area (TPSA) is 0 Å². The first-order valence-electron chi connectivity index (χ1n) is 7.46. The van der Waals surface area contributed by atoms with Crippen LogP contribution in [0.1, 0.15) is 43.2 Å². The maximum Gasteiger partial charge on any atom is -0.0127 e. The Balaban J connectivity index is 2.05. The molecule has 0 aliphatic heterocycles. The minimum atomic E-state index is 0.779. The van der Waals surface area contributed by atoms with Crippen molar-refractivity contribution in [3.63, 3.8) is 0 Å². The number of hydrogen-bond donors (Lipinski definition) is 0. The van der Waals surface area contributed by atoms with Crippen molar-refractivity contribution >= 4 is 0 Å². The molecule has 2 aromatic carbocycles. The Hall–Kier alpha value is -1.56. The van der Waals surface area contributed by atoms with Crippen LogP contribution < -0.4 is 0 Å². The van der Waals surface area contributed by atoms with Crippen LogP contribution in [0.25, 0.3) is 11.1 Å².